The number of halogens is 2. The molecule has 3 fully saturated rings. The zero-order valence-corrected chi connectivity index (χ0v) is 20.1. The molecule has 1 atom stereocenters. The minimum atomic E-state index is -0.848. The van der Waals surface area contributed by atoms with Crippen LogP contribution in [0.15, 0.2) is 53.0 Å². The topological polar surface area (TPSA) is 42.0 Å². The van der Waals surface area contributed by atoms with Gasteiger partial charge in [-0.2, -0.15) is 0 Å². The van der Waals surface area contributed by atoms with Crippen molar-refractivity contribution in [3.8, 4) is 11.3 Å². The Labute approximate surface area is 197 Å². The normalized spacial score (nSPS) is 26.9. The average molecular weight is 495 g/mol. The van der Waals surface area contributed by atoms with E-state index in [1.54, 1.807) is 0 Å². The lowest BCUT2D eigenvalue weighted by atomic mass is 9.55. The van der Waals surface area contributed by atoms with Crippen LogP contribution in [0.1, 0.15) is 61.4 Å². The Morgan fingerprint density at radius 1 is 1.16 bits per heavy atom. The predicted octanol–water partition coefficient (Wildman–Crippen LogP) is 7.15. The third-order valence-electron chi connectivity index (χ3n) is 7.98. The van der Waals surface area contributed by atoms with Crippen molar-refractivity contribution in [3.63, 3.8) is 0 Å². The van der Waals surface area contributed by atoms with Gasteiger partial charge in [0.2, 0.25) is 0 Å². The molecule has 166 valence electrons. The molecule has 2 bridgehead atoms. The summed E-state index contributed by atoms with van der Waals surface area (Å²) < 4.78 is 16.0. The van der Waals surface area contributed by atoms with Crippen molar-refractivity contribution < 1.29 is 9.18 Å². The van der Waals surface area contributed by atoms with Gasteiger partial charge in [-0.3, -0.25) is 4.79 Å². The van der Waals surface area contributed by atoms with E-state index in [0.29, 0.717) is 12.0 Å². The van der Waals surface area contributed by atoms with E-state index >= 15 is 4.39 Å². The van der Waals surface area contributed by atoms with Gasteiger partial charge in [0.25, 0.3) is 5.91 Å². The van der Waals surface area contributed by atoms with Crippen LogP contribution in [0.2, 0.25) is 0 Å². The summed E-state index contributed by atoms with van der Waals surface area (Å²) in [6.07, 6.45) is 3.85. The summed E-state index contributed by atoms with van der Waals surface area (Å²) in [5.41, 5.74) is 3.42. The molecular weight excluding hydrogens is 467 g/mol. The van der Waals surface area contributed by atoms with Gasteiger partial charge in [0.1, 0.15) is 6.17 Å². The molecule has 32 heavy (non-hydrogen) atoms. The highest BCUT2D eigenvalue weighted by Gasteiger charge is 2.54. The van der Waals surface area contributed by atoms with Crippen molar-refractivity contribution in [1.29, 1.82) is 0 Å². The van der Waals surface area contributed by atoms with Crippen LogP contribution in [0.3, 0.4) is 0 Å². The van der Waals surface area contributed by atoms with Crippen LogP contribution in [-0.4, -0.2) is 22.6 Å². The van der Waals surface area contributed by atoms with Crippen LogP contribution >= 0.6 is 15.9 Å². The van der Waals surface area contributed by atoms with Crippen LogP contribution in [0.25, 0.3) is 22.2 Å². The molecule has 0 aliphatic heterocycles. The zero-order valence-electron chi connectivity index (χ0n) is 18.6. The van der Waals surface area contributed by atoms with Crippen molar-refractivity contribution in [2.45, 2.75) is 64.1 Å². The number of aromatic nitrogens is 1. The molecule has 1 unspecified atom stereocenters. The third kappa shape index (κ3) is 3.45. The molecule has 5 heteroatoms. The number of alkyl halides is 1. The van der Waals surface area contributed by atoms with Gasteiger partial charge in [-0.15, -0.1) is 0 Å². The van der Waals surface area contributed by atoms with Gasteiger partial charge in [0, 0.05) is 32.8 Å². The fourth-order valence-corrected chi connectivity index (χ4v) is 6.22. The van der Waals surface area contributed by atoms with Gasteiger partial charge in [-0.1, -0.05) is 53.2 Å². The number of carbonyl (C=O) groups is 1. The molecular formula is C27H28BrFN2O. The van der Waals surface area contributed by atoms with Crippen LogP contribution < -0.4 is 5.32 Å². The molecule has 3 aromatic rings. The number of hydrogen-bond donors (Lipinski definition) is 1. The van der Waals surface area contributed by atoms with Gasteiger partial charge >= 0.3 is 0 Å². The minimum absolute atomic E-state index is 0.122. The Kier molecular flexibility index (Phi) is 5.36. The molecule has 3 aliphatic rings. The molecule has 3 aliphatic carbocycles. The lowest BCUT2D eigenvalue weighted by molar-refractivity contribution is -0.0528. The third-order valence-corrected chi connectivity index (χ3v) is 8.48. The highest BCUT2D eigenvalue weighted by Crippen LogP contribution is 2.55. The Morgan fingerprint density at radius 2 is 1.88 bits per heavy atom. The first-order chi connectivity index (χ1) is 15.4. The fourth-order valence-electron chi connectivity index (χ4n) is 5.86. The summed E-state index contributed by atoms with van der Waals surface area (Å²) in [6, 6.07) is 15.8. The summed E-state index contributed by atoms with van der Waals surface area (Å²) in [4.78, 5) is 18.7. The first-order valence-corrected chi connectivity index (χ1v) is 12.3. The highest BCUT2D eigenvalue weighted by atomic mass is 79.9. The second-order valence-corrected chi connectivity index (χ2v) is 10.5. The van der Waals surface area contributed by atoms with Gasteiger partial charge in [0.15, 0.2) is 0 Å². The number of nitrogens with one attached hydrogen (secondary N) is 1. The van der Waals surface area contributed by atoms with E-state index in [4.69, 9.17) is 4.98 Å². The molecule has 0 spiro atoms. The summed E-state index contributed by atoms with van der Waals surface area (Å²) in [5.74, 6) is -0.122. The minimum Gasteiger partial charge on any atom is -0.346 e. The van der Waals surface area contributed by atoms with E-state index in [1.807, 2.05) is 55.5 Å². The smallest absolute Gasteiger partial charge is 0.252 e. The van der Waals surface area contributed by atoms with Gasteiger partial charge in [0.05, 0.1) is 16.8 Å². The second-order valence-electron chi connectivity index (χ2n) is 9.61. The number of hydrogen-bond acceptors (Lipinski definition) is 2. The number of amides is 1. The standard InChI is InChI=1S/C27H28BrFN2O/c1-3-26-11-13-27(14-12-26,16-22(26)29)31-25(32)23-17(2)24(18-7-5-4-6-8-18)30-21-10-9-19(28)15-20(21)23/h4-10,15,22H,3,11-14,16H2,1-2H3,(H,31,32). The molecule has 1 aromatic heterocycles. The van der Waals surface area contributed by atoms with E-state index in [2.05, 4.69) is 28.2 Å². The van der Waals surface area contributed by atoms with E-state index in [1.165, 1.54) is 0 Å². The SMILES string of the molecule is CCC12CCC(NC(=O)c3c(C)c(-c4ccccc4)nc4ccc(Br)cc34)(CC1)CC2F. The highest BCUT2D eigenvalue weighted by molar-refractivity contribution is 9.10. The first kappa shape index (κ1) is 21.6. The van der Waals surface area contributed by atoms with Crippen molar-refractivity contribution in [2.75, 3.05) is 0 Å². The number of nitrogens with zero attached hydrogens (tertiary/aromatic N) is 1. The summed E-state index contributed by atoms with van der Waals surface area (Å²) >= 11 is 3.55. The number of rotatable bonds is 4. The summed E-state index contributed by atoms with van der Waals surface area (Å²) in [7, 11) is 0. The molecule has 0 radical (unpaired) electrons. The van der Waals surface area contributed by atoms with E-state index in [0.717, 1.165) is 64.3 Å². The van der Waals surface area contributed by atoms with Crippen LogP contribution in [0, 0.1) is 12.3 Å². The maximum Gasteiger partial charge on any atom is 0.252 e. The van der Waals surface area contributed by atoms with Gasteiger partial charge < -0.3 is 5.32 Å². The Hall–Kier alpha value is -2.27. The van der Waals surface area contributed by atoms with Crippen LogP contribution in [-0.2, 0) is 0 Å². The maximum atomic E-state index is 15.1. The molecule has 1 N–H and O–H groups in total. The lowest BCUT2D eigenvalue weighted by Gasteiger charge is -2.55. The van der Waals surface area contributed by atoms with Crippen LogP contribution in [0.4, 0.5) is 4.39 Å². The second kappa shape index (κ2) is 7.95. The average Bonchev–Trinajstić information content (AvgIpc) is 2.79. The van der Waals surface area contributed by atoms with Gasteiger partial charge in [-0.25, -0.2) is 9.37 Å². The van der Waals surface area contributed by atoms with Crippen LogP contribution in [0.5, 0.6) is 0 Å². The van der Waals surface area contributed by atoms with E-state index < -0.39 is 11.7 Å². The molecule has 1 amide bonds. The Bertz CT molecular complexity index is 1190. The lowest BCUT2D eigenvalue weighted by Crippen LogP contribution is -2.60. The maximum absolute atomic E-state index is 15.1. The molecule has 3 nitrogen and oxygen atoms in total. The molecule has 0 saturated heterocycles. The number of benzene rings is 2. The Balaban J connectivity index is 1.58. The Morgan fingerprint density at radius 3 is 2.53 bits per heavy atom. The largest absolute Gasteiger partial charge is 0.346 e. The molecule has 3 saturated carbocycles. The summed E-state index contributed by atoms with van der Waals surface area (Å²) in [6.45, 7) is 4.06. The van der Waals surface area contributed by atoms with Crippen molar-refractivity contribution >= 4 is 32.7 Å². The zero-order chi connectivity index (χ0) is 22.5. The fraction of sp³-hybridized carbons (Fsp3) is 0.407. The summed E-state index contributed by atoms with van der Waals surface area (Å²) in [5, 5.41) is 4.13. The number of fused-ring (bicyclic) bond motifs is 4. The van der Waals surface area contributed by atoms with Gasteiger partial charge in [-0.05, 0) is 62.8 Å². The van der Waals surface area contributed by atoms with Crippen molar-refractivity contribution in [2.24, 2.45) is 5.41 Å². The molecule has 2 aromatic carbocycles. The quantitative estimate of drug-likeness (QED) is 0.418. The first-order valence-electron chi connectivity index (χ1n) is 11.5. The number of pyridine rings is 1. The monoisotopic (exact) mass is 494 g/mol. The van der Waals surface area contributed by atoms with Crippen molar-refractivity contribution in [1.82, 2.24) is 10.3 Å². The predicted molar refractivity (Wildman–Crippen MR) is 131 cm³/mol. The van der Waals surface area contributed by atoms with E-state index in [9.17, 15) is 4.79 Å². The molecule has 6 rings (SSSR count). The van der Waals surface area contributed by atoms with Crippen molar-refractivity contribution in [3.05, 3.63) is 64.1 Å². The number of carbonyl (C=O) groups excluding carboxylic acids is 1. The molecule has 1 heterocycles. The van der Waals surface area contributed by atoms with E-state index in [-0.39, 0.29) is 11.3 Å².